The molecule has 0 unspecified atom stereocenters. The van der Waals surface area contributed by atoms with Crippen LogP contribution in [-0.2, 0) is 22.9 Å². The summed E-state index contributed by atoms with van der Waals surface area (Å²) in [7, 11) is -1.92. The first-order valence-corrected chi connectivity index (χ1v) is 11.2. The average Bonchev–Trinajstić information content (AvgIpc) is 3.28. The van der Waals surface area contributed by atoms with Crippen molar-refractivity contribution in [2.24, 2.45) is 10.1 Å². The van der Waals surface area contributed by atoms with Gasteiger partial charge in [0.2, 0.25) is 10.0 Å². The van der Waals surface area contributed by atoms with E-state index in [2.05, 4.69) is 45.0 Å². The number of primary sulfonamides is 1. The number of aromatic nitrogens is 2. The highest BCUT2D eigenvalue weighted by atomic mass is 127. The van der Waals surface area contributed by atoms with E-state index in [0.29, 0.717) is 6.54 Å². The van der Waals surface area contributed by atoms with Crippen molar-refractivity contribution in [2.45, 2.75) is 17.7 Å². The second-order valence-corrected chi connectivity index (χ2v) is 8.29. The second kappa shape index (κ2) is 11.8. The van der Waals surface area contributed by atoms with Crippen molar-refractivity contribution in [2.75, 3.05) is 20.1 Å². The summed E-state index contributed by atoms with van der Waals surface area (Å²) in [6.07, 6.45) is 5.28. The topological polar surface area (TPSA) is 114 Å². The maximum Gasteiger partial charge on any atom is 0.238 e. The van der Waals surface area contributed by atoms with Crippen LogP contribution in [-0.4, -0.2) is 44.3 Å². The lowest BCUT2D eigenvalue weighted by atomic mass is 10.1. The minimum absolute atomic E-state index is 0. The van der Waals surface area contributed by atoms with Gasteiger partial charge in [-0.1, -0.05) is 24.3 Å². The van der Waals surface area contributed by atoms with Gasteiger partial charge in [0.25, 0.3) is 0 Å². The number of guanidine groups is 1. The smallest absolute Gasteiger partial charge is 0.238 e. The van der Waals surface area contributed by atoms with Crippen molar-refractivity contribution in [1.29, 1.82) is 0 Å². The van der Waals surface area contributed by atoms with E-state index in [1.807, 2.05) is 16.9 Å². The van der Waals surface area contributed by atoms with Crippen LogP contribution in [0.3, 0.4) is 0 Å². The lowest BCUT2D eigenvalue weighted by molar-refractivity contribution is 0.598. The second-order valence-electron chi connectivity index (χ2n) is 6.73. The van der Waals surface area contributed by atoms with E-state index < -0.39 is 10.0 Å². The summed E-state index contributed by atoms with van der Waals surface area (Å²) in [5.74, 6) is 0.726. The Hall–Kier alpha value is -2.44. The SMILES string of the molecule is CN=C(NCCc1ccc(-n2cccn2)cc1)NCCc1ccc(S(N)(=O)=O)cc1.I. The van der Waals surface area contributed by atoms with Gasteiger partial charge in [0.05, 0.1) is 10.6 Å². The van der Waals surface area contributed by atoms with Crippen molar-refractivity contribution in [3.05, 3.63) is 78.1 Å². The van der Waals surface area contributed by atoms with Gasteiger partial charge in [0, 0.05) is 32.5 Å². The van der Waals surface area contributed by atoms with Crippen LogP contribution in [0.2, 0.25) is 0 Å². The third-order valence-electron chi connectivity index (χ3n) is 4.59. The Kier molecular flexibility index (Phi) is 9.46. The molecular weight excluding hydrogens is 527 g/mol. The average molecular weight is 554 g/mol. The van der Waals surface area contributed by atoms with Crippen LogP contribution in [0, 0.1) is 0 Å². The first-order valence-electron chi connectivity index (χ1n) is 9.61. The van der Waals surface area contributed by atoms with Crippen molar-refractivity contribution < 1.29 is 8.42 Å². The third-order valence-corrected chi connectivity index (χ3v) is 5.52. The molecule has 0 spiro atoms. The Morgan fingerprint density at radius 2 is 1.55 bits per heavy atom. The summed E-state index contributed by atoms with van der Waals surface area (Å²) in [5, 5.41) is 15.9. The number of aliphatic imine (C=N–C) groups is 1. The molecule has 1 heterocycles. The molecule has 8 nitrogen and oxygen atoms in total. The predicted molar refractivity (Wildman–Crippen MR) is 134 cm³/mol. The predicted octanol–water partition coefficient (Wildman–Crippen LogP) is 2.09. The van der Waals surface area contributed by atoms with Crippen LogP contribution in [0.5, 0.6) is 0 Å². The summed E-state index contributed by atoms with van der Waals surface area (Å²) in [6.45, 7) is 1.43. The number of rotatable bonds is 8. The summed E-state index contributed by atoms with van der Waals surface area (Å²) in [5.41, 5.74) is 3.28. The van der Waals surface area contributed by atoms with Crippen LogP contribution >= 0.6 is 24.0 Å². The fourth-order valence-electron chi connectivity index (χ4n) is 2.95. The molecule has 166 valence electrons. The molecule has 10 heteroatoms. The molecular formula is C21H27IN6O2S. The molecule has 2 aromatic carbocycles. The normalized spacial score (nSPS) is 11.6. The monoisotopic (exact) mass is 554 g/mol. The van der Waals surface area contributed by atoms with Crippen LogP contribution < -0.4 is 15.8 Å². The number of hydrogen-bond acceptors (Lipinski definition) is 4. The fourth-order valence-corrected chi connectivity index (χ4v) is 3.47. The van der Waals surface area contributed by atoms with Gasteiger partial charge in [0.15, 0.2) is 5.96 Å². The van der Waals surface area contributed by atoms with Crippen molar-refractivity contribution in [3.63, 3.8) is 0 Å². The summed E-state index contributed by atoms with van der Waals surface area (Å²) in [4.78, 5) is 4.35. The summed E-state index contributed by atoms with van der Waals surface area (Å²) in [6, 6.07) is 16.8. The van der Waals surface area contributed by atoms with Crippen LogP contribution in [0.1, 0.15) is 11.1 Å². The molecule has 1 aromatic heterocycles. The first-order chi connectivity index (χ1) is 14.5. The van der Waals surface area contributed by atoms with Gasteiger partial charge in [-0.3, -0.25) is 4.99 Å². The number of hydrogen-bond donors (Lipinski definition) is 3. The molecule has 0 aliphatic heterocycles. The zero-order chi connectivity index (χ0) is 21.4. The molecule has 3 rings (SSSR count). The Labute approximate surface area is 200 Å². The van der Waals surface area contributed by atoms with E-state index in [9.17, 15) is 8.42 Å². The number of nitrogens with zero attached hydrogens (tertiary/aromatic N) is 3. The highest BCUT2D eigenvalue weighted by Crippen LogP contribution is 2.10. The minimum atomic E-state index is -3.65. The number of nitrogens with one attached hydrogen (secondary N) is 2. The van der Waals surface area contributed by atoms with Gasteiger partial charge in [-0.25, -0.2) is 18.2 Å². The van der Waals surface area contributed by atoms with Crippen LogP contribution in [0.4, 0.5) is 0 Å². The van der Waals surface area contributed by atoms with E-state index in [-0.39, 0.29) is 28.9 Å². The van der Waals surface area contributed by atoms with E-state index in [1.165, 1.54) is 17.7 Å². The van der Waals surface area contributed by atoms with Gasteiger partial charge in [0.1, 0.15) is 0 Å². The molecule has 0 saturated heterocycles. The number of benzene rings is 2. The Morgan fingerprint density at radius 3 is 2.00 bits per heavy atom. The Bertz CT molecular complexity index is 1070. The van der Waals surface area contributed by atoms with E-state index in [4.69, 9.17) is 5.14 Å². The van der Waals surface area contributed by atoms with Crippen LogP contribution in [0.25, 0.3) is 5.69 Å². The van der Waals surface area contributed by atoms with E-state index in [1.54, 1.807) is 25.4 Å². The van der Waals surface area contributed by atoms with Crippen molar-refractivity contribution in [3.8, 4) is 5.69 Å². The molecule has 0 aliphatic carbocycles. The first kappa shape index (κ1) is 24.8. The highest BCUT2D eigenvalue weighted by molar-refractivity contribution is 14.0. The molecule has 0 radical (unpaired) electrons. The molecule has 3 aromatic rings. The number of halogens is 1. The van der Waals surface area contributed by atoms with Gasteiger partial charge >= 0.3 is 0 Å². The molecule has 0 saturated carbocycles. The molecule has 0 bridgehead atoms. The molecule has 0 fully saturated rings. The molecule has 0 atom stereocenters. The minimum Gasteiger partial charge on any atom is -0.356 e. The van der Waals surface area contributed by atoms with Gasteiger partial charge < -0.3 is 10.6 Å². The zero-order valence-electron chi connectivity index (χ0n) is 17.2. The molecule has 0 aliphatic rings. The largest absolute Gasteiger partial charge is 0.356 e. The Balaban J connectivity index is 0.00000341. The van der Waals surface area contributed by atoms with E-state index in [0.717, 1.165) is 36.6 Å². The van der Waals surface area contributed by atoms with E-state index >= 15 is 0 Å². The van der Waals surface area contributed by atoms with Crippen molar-refractivity contribution in [1.82, 2.24) is 20.4 Å². The van der Waals surface area contributed by atoms with Crippen molar-refractivity contribution >= 4 is 40.0 Å². The Morgan fingerprint density at radius 1 is 1.00 bits per heavy atom. The number of sulfonamides is 1. The highest BCUT2D eigenvalue weighted by Gasteiger charge is 2.06. The standard InChI is InChI=1S/C21H26N6O2S.HI/c1-23-21(25-15-12-18-5-9-20(10-6-18)30(22,28)29)24-14-11-17-3-7-19(8-4-17)27-16-2-13-26-27;/h2-10,13,16H,11-12,14-15H2,1H3,(H2,22,28,29)(H2,23,24,25);1H. The lowest BCUT2D eigenvalue weighted by Gasteiger charge is -2.12. The molecule has 0 amide bonds. The summed E-state index contributed by atoms with van der Waals surface area (Å²) >= 11 is 0. The maximum atomic E-state index is 11.3. The number of nitrogens with two attached hydrogens (primary N) is 1. The van der Waals surface area contributed by atoms with Gasteiger partial charge in [-0.2, -0.15) is 5.10 Å². The van der Waals surface area contributed by atoms with Crippen LogP contribution in [0.15, 0.2) is 76.9 Å². The summed E-state index contributed by atoms with van der Waals surface area (Å²) < 4.78 is 24.4. The molecule has 31 heavy (non-hydrogen) atoms. The third kappa shape index (κ3) is 7.64. The van der Waals surface area contributed by atoms with Gasteiger partial charge in [-0.15, -0.1) is 24.0 Å². The fraction of sp³-hybridized carbons (Fsp3) is 0.238. The quantitative estimate of drug-likeness (QED) is 0.224. The molecule has 4 N–H and O–H groups in total. The maximum absolute atomic E-state index is 11.3. The zero-order valence-corrected chi connectivity index (χ0v) is 20.4. The lowest BCUT2D eigenvalue weighted by Crippen LogP contribution is -2.39. The van der Waals surface area contributed by atoms with Gasteiger partial charge in [-0.05, 0) is 54.3 Å².